The fraction of sp³-hybridized carbons (Fsp3) is 0.429. The molecule has 1 aromatic rings. The zero-order chi connectivity index (χ0) is 14.9. The quantitative estimate of drug-likeness (QED) is 0.878. The molecule has 6 heteroatoms. The van der Waals surface area contributed by atoms with Gasteiger partial charge < -0.3 is 10.0 Å². The first-order chi connectivity index (χ1) is 9.41. The predicted octanol–water partition coefficient (Wildman–Crippen LogP) is 3.49. The lowest BCUT2D eigenvalue weighted by molar-refractivity contribution is -0.143. The van der Waals surface area contributed by atoms with Gasteiger partial charge in [0.15, 0.2) is 0 Å². The van der Waals surface area contributed by atoms with E-state index in [4.69, 9.17) is 11.6 Å². The Hall–Kier alpha value is -1.07. The van der Waals surface area contributed by atoms with Gasteiger partial charge in [0.2, 0.25) is 0 Å². The van der Waals surface area contributed by atoms with Gasteiger partial charge >= 0.3 is 5.97 Å². The Morgan fingerprint density at radius 2 is 2.10 bits per heavy atom. The average molecular weight is 361 g/mol. The summed E-state index contributed by atoms with van der Waals surface area (Å²) in [6.07, 6.45) is 2.17. The lowest BCUT2D eigenvalue weighted by Crippen LogP contribution is -2.48. The molecule has 1 N–H and O–H groups in total. The van der Waals surface area contributed by atoms with Crippen LogP contribution in [0.25, 0.3) is 0 Å². The van der Waals surface area contributed by atoms with Crippen molar-refractivity contribution in [3.63, 3.8) is 0 Å². The Kier molecular flexibility index (Phi) is 4.70. The third-order valence-electron chi connectivity index (χ3n) is 3.51. The highest BCUT2D eigenvalue weighted by atomic mass is 79.9. The summed E-state index contributed by atoms with van der Waals surface area (Å²) in [7, 11) is 0. The second-order valence-corrected chi connectivity index (χ2v) is 6.14. The number of halogens is 2. The van der Waals surface area contributed by atoms with E-state index in [1.807, 2.05) is 6.92 Å². The number of likely N-dealkylation sites (tertiary alicyclic amines) is 1. The van der Waals surface area contributed by atoms with Crippen LogP contribution in [0.15, 0.2) is 16.6 Å². The van der Waals surface area contributed by atoms with Gasteiger partial charge in [0.05, 0.1) is 5.02 Å². The van der Waals surface area contributed by atoms with E-state index in [0.717, 1.165) is 22.9 Å². The molecule has 1 unspecified atom stereocenters. The molecule has 1 fully saturated rings. The summed E-state index contributed by atoms with van der Waals surface area (Å²) >= 11 is 9.41. The number of carboxylic acid groups (broad SMARTS) is 1. The van der Waals surface area contributed by atoms with Gasteiger partial charge in [-0.1, -0.05) is 11.6 Å². The van der Waals surface area contributed by atoms with Crippen molar-refractivity contribution in [1.82, 2.24) is 4.90 Å². The number of carbonyl (C=O) groups is 2. The molecule has 0 aliphatic carbocycles. The number of hydrogen-bond donors (Lipinski definition) is 1. The van der Waals surface area contributed by atoms with Crippen molar-refractivity contribution in [3.05, 3.63) is 32.8 Å². The third kappa shape index (κ3) is 2.99. The van der Waals surface area contributed by atoms with Crippen molar-refractivity contribution in [2.24, 2.45) is 0 Å². The standard InChI is InChI=1S/C14H15BrClNO3/c1-8-6-9(7-10(16)12(8)15)13(18)17-5-3-2-4-11(17)14(19)20/h6-7,11H,2-5H2,1H3,(H,19,20). The monoisotopic (exact) mass is 359 g/mol. The number of amides is 1. The Bertz CT molecular complexity index is 538. The molecule has 4 nitrogen and oxygen atoms in total. The molecule has 108 valence electrons. The van der Waals surface area contributed by atoms with Crippen LogP contribution in [0, 0.1) is 6.92 Å². The number of carboxylic acids is 1. The van der Waals surface area contributed by atoms with Crippen LogP contribution in [0.2, 0.25) is 5.02 Å². The Labute approximate surface area is 130 Å². The Balaban J connectivity index is 2.32. The Morgan fingerprint density at radius 1 is 1.40 bits per heavy atom. The predicted molar refractivity (Wildman–Crippen MR) is 80.2 cm³/mol. The minimum absolute atomic E-state index is 0.269. The number of aryl methyl sites for hydroxylation is 1. The largest absolute Gasteiger partial charge is 0.480 e. The lowest BCUT2D eigenvalue weighted by atomic mass is 10.0. The van der Waals surface area contributed by atoms with Gasteiger partial charge in [-0.25, -0.2) is 4.79 Å². The number of hydrogen-bond acceptors (Lipinski definition) is 2. The molecular formula is C14H15BrClNO3. The molecule has 1 atom stereocenters. The highest BCUT2D eigenvalue weighted by Gasteiger charge is 2.32. The molecule has 0 radical (unpaired) electrons. The maximum atomic E-state index is 12.5. The van der Waals surface area contributed by atoms with E-state index in [2.05, 4.69) is 15.9 Å². The van der Waals surface area contributed by atoms with Gasteiger partial charge in [-0.05, 0) is 59.8 Å². The summed E-state index contributed by atoms with van der Waals surface area (Å²) in [6.45, 7) is 2.32. The van der Waals surface area contributed by atoms with Gasteiger partial charge in [0.1, 0.15) is 6.04 Å². The molecule has 0 spiro atoms. The molecule has 20 heavy (non-hydrogen) atoms. The smallest absolute Gasteiger partial charge is 0.326 e. The number of rotatable bonds is 2. The number of aliphatic carboxylic acids is 1. The summed E-state index contributed by atoms with van der Waals surface area (Å²) in [5.74, 6) is -1.22. The van der Waals surface area contributed by atoms with Gasteiger partial charge in [0, 0.05) is 16.6 Å². The summed E-state index contributed by atoms with van der Waals surface area (Å²) < 4.78 is 0.754. The number of nitrogens with zero attached hydrogens (tertiary/aromatic N) is 1. The summed E-state index contributed by atoms with van der Waals surface area (Å²) in [5, 5.41) is 9.69. The highest BCUT2D eigenvalue weighted by Crippen LogP contribution is 2.29. The molecule has 0 aromatic heterocycles. The van der Waals surface area contributed by atoms with E-state index in [1.165, 1.54) is 4.90 Å². The maximum Gasteiger partial charge on any atom is 0.326 e. The SMILES string of the molecule is Cc1cc(C(=O)N2CCCCC2C(=O)O)cc(Cl)c1Br. The molecule has 1 saturated heterocycles. The molecular weight excluding hydrogens is 346 g/mol. The van der Waals surface area contributed by atoms with E-state index in [9.17, 15) is 14.7 Å². The van der Waals surface area contributed by atoms with Crippen molar-refractivity contribution in [3.8, 4) is 0 Å². The fourth-order valence-electron chi connectivity index (χ4n) is 2.45. The minimum Gasteiger partial charge on any atom is -0.480 e. The molecule has 2 rings (SSSR count). The highest BCUT2D eigenvalue weighted by molar-refractivity contribution is 9.10. The van der Waals surface area contributed by atoms with E-state index < -0.39 is 12.0 Å². The molecule has 0 bridgehead atoms. The third-order valence-corrected chi connectivity index (χ3v) is 5.08. The van der Waals surface area contributed by atoms with Crippen molar-refractivity contribution in [2.75, 3.05) is 6.54 Å². The number of piperidine rings is 1. The van der Waals surface area contributed by atoms with Crippen molar-refractivity contribution >= 4 is 39.4 Å². The average Bonchev–Trinajstić information content (AvgIpc) is 2.43. The van der Waals surface area contributed by atoms with Crippen LogP contribution in [0.5, 0.6) is 0 Å². The van der Waals surface area contributed by atoms with Crippen LogP contribution in [-0.4, -0.2) is 34.5 Å². The molecule has 1 aliphatic heterocycles. The van der Waals surface area contributed by atoms with Crippen molar-refractivity contribution < 1.29 is 14.7 Å². The molecule has 1 heterocycles. The molecule has 1 aromatic carbocycles. The van der Waals surface area contributed by atoms with Gasteiger partial charge in [0.25, 0.3) is 5.91 Å². The van der Waals surface area contributed by atoms with E-state index in [-0.39, 0.29) is 5.91 Å². The van der Waals surface area contributed by atoms with Crippen LogP contribution in [0.3, 0.4) is 0 Å². The second-order valence-electron chi connectivity index (χ2n) is 4.94. The van der Waals surface area contributed by atoms with Crippen LogP contribution in [0.4, 0.5) is 0 Å². The summed E-state index contributed by atoms with van der Waals surface area (Å²) in [4.78, 5) is 25.2. The number of carbonyl (C=O) groups excluding carboxylic acids is 1. The second kappa shape index (κ2) is 6.14. The summed E-state index contributed by atoms with van der Waals surface area (Å²) in [5.41, 5.74) is 1.29. The van der Waals surface area contributed by atoms with Crippen LogP contribution in [0.1, 0.15) is 35.2 Å². The topological polar surface area (TPSA) is 57.6 Å². The van der Waals surface area contributed by atoms with Gasteiger partial charge in [-0.2, -0.15) is 0 Å². The normalized spacial score (nSPS) is 18.9. The fourth-order valence-corrected chi connectivity index (χ4v) is 2.94. The van der Waals surface area contributed by atoms with E-state index in [0.29, 0.717) is 23.6 Å². The number of benzene rings is 1. The molecule has 0 saturated carbocycles. The van der Waals surface area contributed by atoms with Gasteiger partial charge in [-0.3, -0.25) is 4.79 Å². The Morgan fingerprint density at radius 3 is 2.70 bits per heavy atom. The van der Waals surface area contributed by atoms with Gasteiger partial charge in [-0.15, -0.1) is 0 Å². The zero-order valence-corrected chi connectivity index (χ0v) is 13.4. The first kappa shape index (κ1) is 15.3. The minimum atomic E-state index is -0.946. The van der Waals surface area contributed by atoms with Crippen molar-refractivity contribution in [2.45, 2.75) is 32.2 Å². The van der Waals surface area contributed by atoms with E-state index >= 15 is 0 Å². The van der Waals surface area contributed by atoms with Crippen LogP contribution in [-0.2, 0) is 4.79 Å². The first-order valence-corrected chi connectivity index (χ1v) is 7.58. The zero-order valence-electron chi connectivity index (χ0n) is 11.0. The van der Waals surface area contributed by atoms with E-state index in [1.54, 1.807) is 12.1 Å². The first-order valence-electron chi connectivity index (χ1n) is 6.41. The van der Waals surface area contributed by atoms with Crippen molar-refractivity contribution in [1.29, 1.82) is 0 Å². The van der Waals surface area contributed by atoms with Crippen LogP contribution >= 0.6 is 27.5 Å². The maximum absolute atomic E-state index is 12.5. The molecule has 1 amide bonds. The molecule has 1 aliphatic rings. The summed E-state index contributed by atoms with van der Waals surface area (Å²) in [6, 6.07) is 2.57. The lowest BCUT2D eigenvalue weighted by Gasteiger charge is -2.33. The van der Waals surface area contributed by atoms with Crippen LogP contribution < -0.4 is 0 Å².